The highest BCUT2D eigenvalue weighted by molar-refractivity contribution is 5.91. The first-order chi connectivity index (χ1) is 8.08. The summed E-state index contributed by atoms with van der Waals surface area (Å²) in [5.41, 5.74) is 0.388. The molecule has 1 aromatic carbocycles. The van der Waals surface area contributed by atoms with E-state index >= 15 is 0 Å². The zero-order chi connectivity index (χ0) is 12.8. The second kappa shape index (κ2) is 5.83. The van der Waals surface area contributed by atoms with E-state index in [1.54, 1.807) is 38.1 Å². The third kappa shape index (κ3) is 3.44. The highest BCUT2D eigenvalue weighted by Gasteiger charge is 2.16. The summed E-state index contributed by atoms with van der Waals surface area (Å²) in [7, 11) is 1.54. The molecule has 0 radical (unpaired) electrons. The molecule has 1 rings (SSSR count). The number of hydrogen-bond donors (Lipinski definition) is 1. The van der Waals surface area contributed by atoms with Gasteiger partial charge < -0.3 is 10.1 Å². The summed E-state index contributed by atoms with van der Waals surface area (Å²) in [5, 5.41) is 6.04. The molecule has 17 heavy (non-hydrogen) atoms. The third-order valence-corrected chi connectivity index (χ3v) is 2.00. The van der Waals surface area contributed by atoms with Crippen molar-refractivity contribution in [3.63, 3.8) is 0 Å². The molecule has 0 saturated carbocycles. The molecule has 6 nitrogen and oxygen atoms in total. The van der Waals surface area contributed by atoms with E-state index in [-0.39, 0.29) is 6.04 Å². The van der Waals surface area contributed by atoms with E-state index in [1.807, 2.05) is 0 Å². The third-order valence-electron chi connectivity index (χ3n) is 2.00. The highest BCUT2D eigenvalue weighted by Crippen LogP contribution is 2.19. The fraction of sp³-hybridized carbons (Fsp3) is 0.364. The van der Waals surface area contributed by atoms with Gasteiger partial charge in [0.1, 0.15) is 5.75 Å². The van der Waals surface area contributed by atoms with Crippen LogP contribution in [0, 0.1) is 4.91 Å². The number of carbonyl (C=O) groups is 1. The van der Waals surface area contributed by atoms with Gasteiger partial charge >= 0.3 is 6.03 Å². The Hall–Kier alpha value is -2.11. The van der Waals surface area contributed by atoms with E-state index in [4.69, 9.17) is 4.74 Å². The van der Waals surface area contributed by atoms with Crippen molar-refractivity contribution in [2.45, 2.75) is 19.9 Å². The van der Waals surface area contributed by atoms with Crippen molar-refractivity contribution in [2.24, 2.45) is 5.29 Å². The number of urea groups is 1. The molecule has 0 unspecified atom stereocenters. The lowest BCUT2D eigenvalue weighted by atomic mass is 10.3. The Balaban J connectivity index is 2.85. The van der Waals surface area contributed by atoms with E-state index in [0.29, 0.717) is 11.4 Å². The molecular weight excluding hydrogens is 222 g/mol. The average molecular weight is 237 g/mol. The van der Waals surface area contributed by atoms with E-state index in [1.165, 1.54) is 7.11 Å². The number of rotatable bonds is 4. The van der Waals surface area contributed by atoms with Crippen LogP contribution in [-0.2, 0) is 0 Å². The van der Waals surface area contributed by atoms with Crippen LogP contribution in [0.2, 0.25) is 0 Å². The fourth-order valence-electron chi connectivity index (χ4n) is 1.23. The lowest BCUT2D eigenvalue weighted by Gasteiger charge is -2.16. The summed E-state index contributed by atoms with van der Waals surface area (Å²) in [6, 6.07) is 5.84. The maximum atomic E-state index is 11.6. The van der Waals surface area contributed by atoms with Crippen LogP contribution >= 0.6 is 0 Å². The standard InChI is InChI=1S/C11H15N3O3/c1-8(2)12-11(15)14(13-16)9-4-6-10(17-3)7-5-9/h4-8H,1-3H3,(H,12,15). The monoisotopic (exact) mass is 237 g/mol. The Labute approximate surface area is 99.5 Å². The summed E-state index contributed by atoms with van der Waals surface area (Å²) in [6.07, 6.45) is 0. The molecule has 1 aromatic rings. The van der Waals surface area contributed by atoms with Crippen LogP contribution in [0.25, 0.3) is 0 Å². The topological polar surface area (TPSA) is 71.0 Å². The predicted octanol–water partition coefficient (Wildman–Crippen LogP) is 2.30. The van der Waals surface area contributed by atoms with Crippen molar-refractivity contribution in [1.29, 1.82) is 0 Å². The quantitative estimate of drug-likeness (QED) is 0.645. The van der Waals surface area contributed by atoms with E-state index in [0.717, 1.165) is 5.01 Å². The van der Waals surface area contributed by atoms with Gasteiger partial charge in [0.05, 0.1) is 18.1 Å². The molecule has 0 heterocycles. The van der Waals surface area contributed by atoms with Crippen LogP contribution in [-0.4, -0.2) is 19.2 Å². The van der Waals surface area contributed by atoms with Crippen LogP contribution in [0.5, 0.6) is 5.75 Å². The first kappa shape index (κ1) is 13.0. The first-order valence-electron chi connectivity index (χ1n) is 5.16. The molecule has 6 heteroatoms. The molecule has 1 N–H and O–H groups in total. The van der Waals surface area contributed by atoms with Gasteiger partial charge in [-0.3, -0.25) is 0 Å². The van der Waals surface area contributed by atoms with Crippen molar-refractivity contribution in [3.05, 3.63) is 29.2 Å². The Morgan fingerprint density at radius 2 is 1.94 bits per heavy atom. The molecule has 0 fully saturated rings. The fourth-order valence-corrected chi connectivity index (χ4v) is 1.23. The molecule has 0 bridgehead atoms. The van der Waals surface area contributed by atoms with Gasteiger partial charge in [-0.05, 0) is 38.1 Å². The zero-order valence-corrected chi connectivity index (χ0v) is 10.0. The van der Waals surface area contributed by atoms with Crippen molar-refractivity contribution in [3.8, 4) is 5.75 Å². The Morgan fingerprint density at radius 1 is 1.35 bits per heavy atom. The van der Waals surface area contributed by atoms with E-state index in [9.17, 15) is 9.70 Å². The van der Waals surface area contributed by atoms with Gasteiger partial charge in [-0.2, -0.15) is 0 Å². The molecule has 0 aliphatic heterocycles. The molecule has 0 aliphatic carbocycles. The van der Waals surface area contributed by atoms with Crippen LogP contribution in [0.15, 0.2) is 29.6 Å². The lowest BCUT2D eigenvalue weighted by molar-refractivity contribution is 0.244. The largest absolute Gasteiger partial charge is 0.497 e. The summed E-state index contributed by atoms with van der Waals surface area (Å²) >= 11 is 0. The summed E-state index contributed by atoms with van der Waals surface area (Å²) in [4.78, 5) is 22.3. The van der Waals surface area contributed by atoms with Crippen molar-refractivity contribution in [1.82, 2.24) is 5.32 Å². The molecule has 0 aromatic heterocycles. The zero-order valence-electron chi connectivity index (χ0n) is 10.0. The minimum Gasteiger partial charge on any atom is -0.497 e. The van der Waals surface area contributed by atoms with Gasteiger partial charge in [-0.15, -0.1) is 9.92 Å². The number of carbonyl (C=O) groups excluding carboxylic acids is 1. The number of nitrogens with zero attached hydrogens (tertiary/aromatic N) is 2. The van der Waals surface area contributed by atoms with E-state index < -0.39 is 6.03 Å². The van der Waals surface area contributed by atoms with Gasteiger partial charge in [0.25, 0.3) is 0 Å². The van der Waals surface area contributed by atoms with Crippen molar-refractivity contribution < 1.29 is 9.53 Å². The number of benzene rings is 1. The average Bonchev–Trinajstić information content (AvgIpc) is 2.30. The Bertz CT molecular complexity index is 389. The maximum absolute atomic E-state index is 11.6. The smallest absolute Gasteiger partial charge is 0.345 e. The molecule has 92 valence electrons. The molecule has 2 amide bonds. The minimum atomic E-state index is -0.555. The predicted molar refractivity (Wildman–Crippen MR) is 64.9 cm³/mol. The molecule has 0 spiro atoms. The highest BCUT2D eigenvalue weighted by atomic mass is 16.5. The van der Waals surface area contributed by atoms with Crippen LogP contribution in [0.3, 0.4) is 0 Å². The Kier molecular flexibility index (Phi) is 4.45. The van der Waals surface area contributed by atoms with Crippen LogP contribution in [0.1, 0.15) is 13.8 Å². The molecular formula is C11H15N3O3. The summed E-state index contributed by atoms with van der Waals surface area (Å²) in [5.74, 6) is 0.642. The number of amides is 2. The SMILES string of the molecule is COc1ccc(N(N=O)C(=O)NC(C)C)cc1. The number of nitrogens with one attached hydrogen (secondary N) is 1. The van der Waals surface area contributed by atoms with Gasteiger partial charge in [0.2, 0.25) is 0 Å². The Morgan fingerprint density at radius 3 is 2.35 bits per heavy atom. The second-order valence-corrected chi connectivity index (χ2v) is 3.70. The van der Waals surface area contributed by atoms with E-state index in [2.05, 4.69) is 10.6 Å². The van der Waals surface area contributed by atoms with Gasteiger partial charge in [0, 0.05) is 6.04 Å². The minimum absolute atomic E-state index is 0.0648. The van der Waals surface area contributed by atoms with Crippen LogP contribution in [0.4, 0.5) is 10.5 Å². The second-order valence-electron chi connectivity index (χ2n) is 3.70. The molecule has 0 saturated heterocycles. The van der Waals surface area contributed by atoms with Crippen LogP contribution < -0.4 is 15.1 Å². The summed E-state index contributed by atoms with van der Waals surface area (Å²) < 4.78 is 4.98. The lowest BCUT2D eigenvalue weighted by Crippen LogP contribution is -2.40. The van der Waals surface area contributed by atoms with Gasteiger partial charge in [-0.1, -0.05) is 0 Å². The molecule has 0 atom stereocenters. The maximum Gasteiger partial charge on any atom is 0.345 e. The number of hydrogen-bond acceptors (Lipinski definition) is 4. The molecule has 0 aliphatic rings. The number of anilines is 1. The number of nitroso groups, excluding NO2 is 1. The van der Waals surface area contributed by atoms with Gasteiger partial charge in [-0.25, -0.2) is 4.79 Å². The number of methoxy groups -OCH3 is 1. The van der Waals surface area contributed by atoms with Crippen molar-refractivity contribution >= 4 is 11.7 Å². The first-order valence-corrected chi connectivity index (χ1v) is 5.16. The number of ether oxygens (including phenoxy) is 1. The summed E-state index contributed by atoms with van der Waals surface area (Å²) in [6.45, 7) is 3.60. The van der Waals surface area contributed by atoms with Crippen molar-refractivity contribution in [2.75, 3.05) is 12.1 Å². The van der Waals surface area contributed by atoms with Gasteiger partial charge in [0.15, 0.2) is 0 Å². The normalized spacial score (nSPS) is 9.88.